The molecule has 0 aromatic rings. The monoisotopic (exact) mass is 239 g/mol. The van der Waals surface area contributed by atoms with Crippen LogP contribution >= 0.6 is 0 Å². The summed E-state index contributed by atoms with van der Waals surface area (Å²) in [5.74, 6) is 0.658. The molecule has 3 N–H and O–H groups in total. The van der Waals surface area contributed by atoms with Gasteiger partial charge in [-0.05, 0) is 44.7 Å². The molecule has 1 saturated heterocycles. The molecule has 4 nitrogen and oxygen atoms in total. The fourth-order valence-corrected chi connectivity index (χ4v) is 3.52. The number of rotatable bonds is 5. The molecule has 0 spiro atoms. The number of hydrogen-bond donors (Lipinski definition) is 2. The predicted molar refractivity (Wildman–Crippen MR) is 68.6 cm³/mol. The van der Waals surface area contributed by atoms with Crippen molar-refractivity contribution in [1.29, 1.82) is 0 Å². The molecule has 0 aromatic heterocycles. The van der Waals surface area contributed by atoms with Crippen molar-refractivity contribution < 1.29 is 4.79 Å². The molecule has 1 aliphatic heterocycles. The van der Waals surface area contributed by atoms with Gasteiger partial charge in [-0.15, -0.1) is 0 Å². The summed E-state index contributed by atoms with van der Waals surface area (Å²) in [4.78, 5) is 13.9. The summed E-state index contributed by atoms with van der Waals surface area (Å²) in [7, 11) is 0. The van der Waals surface area contributed by atoms with E-state index >= 15 is 0 Å². The lowest BCUT2D eigenvalue weighted by molar-refractivity contribution is -0.120. The molecule has 3 unspecified atom stereocenters. The number of likely N-dealkylation sites (N-methyl/N-ethyl adjacent to an activating group) is 1. The van der Waals surface area contributed by atoms with Gasteiger partial charge in [-0.3, -0.25) is 9.69 Å². The van der Waals surface area contributed by atoms with E-state index < -0.39 is 0 Å². The van der Waals surface area contributed by atoms with Gasteiger partial charge in [-0.25, -0.2) is 0 Å². The van der Waals surface area contributed by atoms with Gasteiger partial charge in [-0.2, -0.15) is 0 Å². The van der Waals surface area contributed by atoms with Crippen molar-refractivity contribution in [1.82, 2.24) is 10.2 Å². The molecule has 2 aliphatic rings. The minimum atomic E-state index is -0.216. The van der Waals surface area contributed by atoms with E-state index in [0.29, 0.717) is 6.04 Å². The zero-order chi connectivity index (χ0) is 12.3. The van der Waals surface area contributed by atoms with Crippen LogP contribution in [0.5, 0.6) is 0 Å². The molecule has 1 aliphatic carbocycles. The van der Waals surface area contributed by atoms with Gasteiger partial charge in [-0.1, -0.05) is 13.3 Å². The molecule has 1 saturated carbocycles. The first-order valence-electron chi connectivity index (χ1n) is 6.99. The number of amides is 1. The second kappa shape index (κ2) is 5.83. The fourth-order valence-electron chi connectivity index (χ4n) is 3.52. The highest BCUT2D eigenvalue weighted by molar-refractivity contribution is 5.80. The summed E-state index contributed by atoms with van der Waals surface area (Å²) in [6.45, 7) is 4.75. The first-order chi connectivity index (χ1) is 8.22. The summed E-state index contributed by atoms with van der Waals surface area (Å²) in [6.07, 6.45) is 6.70. The molecular formula is C13H25N3O. The Kier molecular flexibility index (Phi) is 4.40. The van der Waals surface area contributed by atoms with E-state index in [1.807, 2.05) is 6.92 Å². The van der Waals surface area contributed by atoms with Crippen molar-refractivity contribution in [3.63, 3.8) is 0 Å². The van der Waals surface area contributed by atoms with E-state index in [4.69, 9.17) is 5.73 Å². The molecule has 4 heteroatoms. The number of piperidine rings is 1. The maximum Gasteiger partial charge on any atom is 0.235 e. The standard InChI is InChI=1S/C13H25N3O/c1-2-15-11(13(14)17)9-16-8-4-6-10-5-3-7-12(10)16/h10-12,15H,2-9H2,1H3,(H2,14,17). The highest BCUT2D eigenvalue weighted by Gasteiger charge is 2.36. The molecule has 2 fully saturated rings. The molecule has 17 heavy (non-hydrogen) atoms. The lowest BCUT2D eigenvalue weighted by Crippen LogP contribution is -2.53. The lowest BCUT2D eigenvalue weighted by Gasteiger charge is -2.39. The van der Waals surface area contributed by atoms with E-state index in [2.05, 4.69) is 10.2 Å². The van der Waals surface area contributed by atoms with Gasteiger partial charge in [0.1, 0.15) is 0 Å². The van der Waals surface area contributed by atoms with Gasteiger partial charge in [0.2, 0.25) is 5.91 Å². The normalized spacial score (nSPS) is 31.1. The van der Waals surface area contributed by atoms with E-state index in [9.17, 15) is 4.79 Å². The van der Waals surface area contributed by atoms with Crippen LogP contribution in [-0.4, -0.2) is 42.5 Å². The van der Waals surface area contributed by atoms with Crippen LogP contribution in [-0.2, 0) is 4.79 Å². The van der Waals surface area contributed by atoms with E-state index in [0.717, 1.165) is 25.6 Å². The van der Waals surface area contributed by atoms with Gasteiger partial charge < -0.3 is 11.1 Å². The minimum Gasteiger partial charge on any atom is -0.368 e. The van der Waals surface area contributed by atoms with Crippen LogP contribution in [0.15, 0.2) is 0 Å². The quantitative estimate of drug-likeness (QED) is 0.743. The van der Waals surface area contributed by atoms with Crippen molar-refractivity contribution in [2.75, 3.05) is 19.6 Å². The highest BCUT2D eigenvalue weighted by Crippen LogP contribution is 2.36. The third kappa shape index (κ3) is 2.99. The minimum absolute atomic E-state index is 0.181. The molecule has 3 atom stereocenters. The molecule has 1 heterocycles. The molecule has 0 bridgehead atoms. The van der Waals surface area contributed by atoms with Crippen LogP contribution in [0.2, 0.25) is 0 Å². The van der Waals surface area contributed by atoms with Gasteiger partial charge >= 0.3 is 0 Å². The Morgan fingerprint density at radius 3 is 2.88 bits per heavy atom. The lowest BCUT2D eigenvalue weighted by atomic mass is 9.91. The van der Waals surface area contributed by atoms with E-state index in [-0.39, 0.29) is 11.9 Å². The molecule has 1 amide bonds. The fraction of sp³-hybridized carbons (Fsp3) is 0.923. The summed E-state index contributed by atoms with van der Waals surface area (Å²) in [6, 6.07) is 0.531. The smallest absolute Gasteiger partial charge is 0.235 e. The number of nitrogens with zero attached hydrogens (tertiary/aromatic N) is 1. The maximum atomic E-state index is 11.4. The van der Waals surface area contributed by atoms with Crippen LogP contribution in [0, 0.1) is 5.92 Å². The van der Waals surface area contributed by atoms with Crippen molar-refractivity contribution in [2.24, 2.45) is 11.7 Å². The SMILES string of the molecule is CCNC(CN1CCCC2CCCC21)C(N)=O. The number of carbonyl (C=O) groups excluding carboxylic acids is 1. The van der Waals surface area contributed by atoms with Crippen LogP contribution in [0.3, 0.4) is 0 Å². The second-order valence-corrected chi connectivity index (χ2v) is 5.41. The average molecular weight is 239 g/mol. The predicted octanol–water partition coefficient (Wildman–Crippen LogP) is 0.714. The van der Waals surface area contributed by atoms with Crippen LogP contribution < -0.4 is 11.1 Å². The Morgan fingerprint density at radius 1 is 1.41 bits per heavy atom. The number of carbonyl (C=O) groups is 1. The topological polar surface area (TPSA) is 58.4 Å². The zero-order valence-electron chi connectivity index (χ0n) is 10.8. The third-order valence-electron chi connectivity index (χ3n) is 4.32. The molecular weight excluding hydrogens is 214 g/mol. The van der Waals surface area contributed by atoms with Crippen LogP contribution in [0.4, 0.5) is 0 Å². The van der Waals surface area contributed by atoms with Crippen molar-refractivity contribution in [2.45, 2.75) is 51.1 Å². The van der Waals surface area contributed by atoms with Gasteiger partial charge in [0.05, 0.1) is 6.04 Å². The maximum absolute atomic E-state index is 11.4. The van der Waals surface area contributed by atoms with Crippen molar-refractivity contribution in [3.8, 4) is 0 Å². The Morgan fingerprint density at radius 2 is 2.18 bits per heavy atom. The summed E-state index contributed by atoms with van der Waals surface area (Å²) < 4.78 is 0. The Hall–Kier alpha value is -0.610. The molecule has 2 rings (SSSR count). The zero-order valence-corrected chi connectivity index (χ0v) is 10.8. The highest BCUT2D eigenvalue weighted by atomic mass is 16.1. The number of likely N-dealkylation sites (tertiary alicyclic amines) is 1. The Bertz CT molecular complexity index is 269. The molecule has 0 aromatic carbocycles. The summed E-state index contributed by atoms with van der Waals surface area (Å²) in [5, 5.41) is 3.19. The summed E-state index contributed by atoms with van der Waals surface area (Å²) in [5.41, 5.74) is 5.45. The van der Waals surface area contributed by atoms with Crippen molar-refractivity contribution >= 4 is 5.91 Å². The Labute approximate surface area is 104 Å². The number of nitrogens with two attached hydrogens (primary N) is 1. The average Bonchev–Trinajstić information content (AvgIpc) is 2.77. The largest absolute Gasteiger partial charge is 0.368 e. The first-order valence-corrected chi connectivity index (χ1v) is 6.99. The number of primary amides is 1. The van der Waals surface area contributed by atoms with E-state index in [1.54, 1.807) is 0 Å². The first kappa shape index (κ1) is 12.8. The van der Waals surface area contributed by atoms with Gasteiger partial charge in [0, 0.05) is 12.6 Å². The number of hydrogen-bond acceptors (Lipinski definition) is 3. The van der Waals surface area contributed by atoms with Gasteiger partial charge in [0.25, 0.3) is 0 Å². The van der Waals surface area contributed by atoms with Crippen LogP contribution in [0.25, 0.3) is 0 Å². The molecule has 0 radical (unpaired) electrons. The number of fused-ring (bicyclic) bond motifs is 1. The van der Waals surface area contributed by atoms with Crippen LogP contribution in [0.1, 0.15) is 39.0 Å². The van der Waals surface area contributed by atoms with Crippen molar-refractivity contribution in [3.05, 3.63) is 0 Å². The molecule has 98 valence electrons. The second-order valence-electron chi connectivity index (χ2n) is 5.41. The third-order valence-corrected chi connectivity index (χ3v) is 4.32. The summed E-state index contributed by atoms with van der Waals surface area (Å²) >= 11 is 0. The number of nitrogens with one attached hydrogen (secondary N) is 1. The van der Waals surface area contributed by atoms with Gasteiger partial charge in [0.15, 0.2) is 0 Å². The van der Waals surface area contributed by atoms with E-state index in [1.165, 1.54) is 32.1 Å². The Balaban J connectivity index is 1.93.